The SMILES string of the molecule is CC(NCc1ccccc1)C(C)C(=O)OC(C)(C)C. The van der Waals surface area contributed by atoms with Crippen molar-refractivity contribution in [1.29, 1.82) is 0 Å². The summed E-state index contributed by atoms with van der Waals surface area (Å²) in [5.41, 5.74) is 0.788. The van der Waals surface area contributed by atoms with Gasteiger partial charge in [-0.05, 0) is 33.3 Å². The van der Waals surface area contributed by atoms with Gasteiger partial charge in [-0.2, -0.15) is 0 Å². The molecule has 0 fully saturated rings. The molecule has 1 aromatic carbocycles. The molecule has 0 aromatic heterocycles. The normalized spacial score (nSPS) is 14.8. The van der Waals surface area contributed by atoms with Crippen molar-refractivity contribution in [2.24, 2.45) is 5.92 Å². The zero-order chi connectivity index (χ0) is 14.5. The molecule has 0 aliphatic rings. The van der Waals surface area contributed by atoms with E-state index in [0.717, 1.165) is 6.54 Å². The zero-order valence-corrected chi connectivity index (χ0v) is 12.6. The molecule has 3 heteroatoms. The number of ether oxygens (including phenoxy) is 1. The number of carbonyl (C=O) groups is 1. The minimum absolute atomic E-state index is 0.0788. The first-order valence-corrected chi connectivity index (χ1v) is 6.80. The molecule has 3 nitrogen and oxygen atoms in total. The molecule has 1 rings (SSSR count). The molecule has 0 spiro atoms. The van der Waals surface area contributed by atoms with E-state index in [-0.39, 0.29) is 17.9 Å². The standard InChI is InChI=1S/C16H25NO2/c1-12(15(18)19-16(3,4)5)13(2)17-11-14-9-7-6-8-10-14/h6-10,12-13,17H,11H2,1-5H3. The van der Waals surface area contributed by atoms with Crippen LogP contribution in [0.15, 0.2) is 30.3 Å². The van der Waals surface area contributed by atoms with Crippen molar-refractivity contribution in [3.05, 3.63) is 35.9 Å². The highest BCUT2D eigenvalue weighted by Crippen LogP contribution is 2.14. The Morgan fingerprint density at radius 1 is 1.21 bits per heavy atom. The van der Waals surface area contributed by atoms with Gasteiger partial charge in [0.05, 0.1) is 5.92 Å². The second kappa shape index (κ2) is 6.71. The van der Waals surface area contributed by atoms with Crippen LogP contribution in [-0.2, 0) is 16.1 Å². The predicted octanol–water partition coefficient (Wildman–Crippen LogP) is 3.14. The number of benzene rings is 1. The molecule has 0 aliphatic heterocycles. The minimum atomic E-state index is -0.426. The number of hydrogen-bond acceptors (Lipinski definition) is 3. The van der Waals surface area contributed by atoms with Gasteiger partial charge in [0.1, 0.15) is 5.60 Å². The van der Waals surface area contributed by atoms with Crippen LogP contribution in [0.4, 0.5) is 0 Å². The molecular formula is C16H25NO2. The summed E-state index contributed by atoms with van der Waals surface area (Å²) in [6, 6.07) is 10.2. The van der Waals surface area contributed by atoms with E-state index in [1.807, 2.05) is 52.8 Å². The third-order valence-corrected chi connectivity index (χ3v) is 3.00. The fourth-order valence-corrected chi connectivity index (χ4v) is 1.65. The van der Waals surface area contributed by atoms with E-state index in [0.29, 0.717) is 0 Å². The van der Waals surface area contributed by atoms with Crippen molar-refractivity contribution in [2.75, 3.05) is 0 Å². The van der Waals surface area contributed by atoms with Gasteiger partial charge in [0.2, 0.25) is 0 Å². The third kappa shape index (κ3) is 5.88. The first-order chi connectivity index (χ1) is 8.79. The maximum absolute atomic E-state index is 11.9. The molecule has 19 heavy (non-hydrogen) atoms. The minimum Gasteiger partial charge on any atom is -0.460 e. The largest absolute Gasteiger partial charge is 0.460 e. The lowest BCUT2D eigenvalue weighted by atomic mass is 10.0. The van der Waals surface area contributed by atoms with Gasteiger partial charge in [-0.25, -0.2) is 0 Å². The van der Waals surface area contributed by atoms with Gasteiger partial charge in [0, 0.05) is 12.6 Å². The summed E-state index contributed by atoms with van der Waals surface area (Å²) in [6.45, 7) is 10.3. The lowest BCUT2D eigenvalue weighted by Crippen LogP contribution is -2.39. The average Bonchev–Trinajstić information content (AvgIpc) is 2.34. The second-order valence-corrected chi connectivity index (χ2v) is 5.98. The van der Waals surface area contributed by atoms with Crippen LogP contribution >= 0.6 is 0 Å². The Balaban J connectivity index is 2.44. The van der Waals surface area contributed by atoms with Gasteiger partial charge in [-0.3, -0.25) is 4.79 Å². The van der Waals surface area contributed by atoms with Crippen LogP contribution in [0.25, 0.3) is 0 Å². The summed E-state index contributed by atoms with van der Waals surface area (Å²) in [5, 5.41) is 3.36. The molecule has 0 bridgehead atoms. The average molecular weight is 263 g/mol. The highest BCUT2D eigenvalue weighted by molar-refractivity contribution is 5.73. The topological polar surface area (TPSA) is 38.3 Å². The summed E-state index contributed by atoms with van der Waals surface area (Å²) in [5.74, 6) is -0.316. The molecule has 0 saturated heterocycles. The van der Waals surface area contributed by atoms with E-state index in [9.17, 15) is 4.79 Å². The van der Waals surface area contributed by atoms with Crippen molar-refractivity contribution in [3.8, 4) is 0 Å². The second-order valence-electron chi connectivity index (χ2n) is 5.98. The quantitative estimate of drug-likeness (QED) is 0.829. The molecule has 2 unspecified atom stereocenters. The predicted molar refractivity (Wildman–Crippen MR) is 77.8 cm³/mol. The van der Waals surface area contributed by atoms with Crippen molar-refractivity contribution >= 4 is 5.97 Å². The van der Waals surface area contributed by atoms with E-state index < -0.39 is 5.60 Å². The summed E-state index contributed by atoms with van der Waals surface area (Å²) in [6.07, 6.45) is 0. The highest BCUT2D eigenvalue weighted by Gasteiger charge is 2.25. The van der Waals surface area contributed by atoms with Gasteiger partial charge in [0.15, 0.2) is 0 Å². The van der Waals surface area contributed by atoms with Crippen LogP contribution in [0.2, 0.25) is 0 Å². The highest BCUT2D eigenvalue weighted by atomic mass is 16.6. The first-order valence-electron chi connectivity index (χ1n) is 6.80. The van der Waals surface area contributed by atoms with Crippen LogP contribution in [0.3, 0.4) is 0 Å². The van der Waals surface area contributed by atoms with Crippen LogP contribution < -0.4 is 5.32 Å². The Hall–Kier alpha value is -1.35. The maximum Gasteiger partial charge on any atom is 0.310 e. The number of nitrogens with one attached hydrogen (secondary N) is 1. The molecule has 0 amide bonds. The van der Waals surface area contributed by atoms with Crippen LogP contribution in [-0.4, -0.2) is 17.6 Å². The van der Waals surface area contributed by atoms with E-state index in [1.165, 1.54) is 5.56 Å². The van der Waals surface area contributed by atoms with Gasteiger partial charge in [-0.15, -0.1) is 0 Å². The molecule has 1 N–H and O–H groups in total. The van der Waals surface area contributed by atoms with E-state index in [4.69, 9.17) is 4.74 Å². The summed E-state index contributed by atoms with van der Waals surface area (Å²) in [7, 11) is 0. The molecule has 0 saturated carbocycles. The number of esters is 1. The van der Waals surface area contributed by atoms with Gasteiger partial charge in [0.25, 0.3) is 0 Å². The van der Waals surface area contributed by atoms with Gasteiger partial charge < -0.3 is 10.1 Å². The maximum atomic E-state index is 11.9. The molecule has 0 heterocycles. The van der Waals surface area contributed by atoms with Gasteiger partial charge in [-0.1, -0.05) is 37.3 Å². The van der Waals surface area contributed by atoms with E-state index >= 15 is 0 Å². The number of carbonyl (C=O) groups excluding carboxylic acids is 1. The molecule has 0 aliphatic carbocycles. The molecule has 106 valence electrons. The van der Waals surface area contributed by atoms with Gasteiger partial charge >= 0.3 is 5.97 Å². The first kappa shape index (κ1) is 15.7. The Kier molecular flexibility index (Phi) is 5.55. The molecule has 1 aromatic rings. The Bertz CT molecular complexity index is 395. The Morgan fingerprint density at radius 2 is 1.79 bits per heavy atom. The van der Waals surface area contributed by atoms with E-state index in [1.54, 1.807) is 0 Å². The Labute approximate surface area is 116 Å². The third-order valence-electron chi connectivity index (χ3n) is 3.00. The molecular weight excluding hydrogens is 238 g/mol. The zero-order valence-electron chi connectivity index (χ0n) is 12.6. The van der Waals surface area contributed by atoms with Crippen LogP contribution in [0, 0.1) is 5.92 Å². The lowest BCUT2D eigenvalue weighted by molar-refractivity contribution is -0.160. The summed E-state index contributed by atoms with van der Waals surface area (Å²) >= 11 is 0. The van der Waals surface area contributed by atoms with Crippen LogP contribution in [0.5, 0.6) is 0 Å². The molecule has 0 radical (unpaired) electrons. The van der Waals surface area contributed by atoms with Crippen LogP contribution in [0.1, 0.15) is 40.2 Å². The Morgan fingerprint density at radius 3 is 2.32 bits per heavy atom. The monoisotopic (exact) mass is 263 g/mol. The molecule has 2 atom stereocenters. The van der Waals surface area contributed by atoms with E-state index in [2.05, 4.69) is 17.4 Å². The van der Waals surface area contributed by atoms with Crippen molar-refractivity contribution in [2.45, 2.75) is 52.8 Å². The lowest BCUT2D eigenvalue weighted by Gasteiger charge is -2.25. The fourth-order valence-electron chi connectivity index (χ4n) is 1.65. The van der Waals surface area contributed by atoms with Crippen molar-refractivity contribution in [1.82, 2.24) is 5.32 Å². The summed E-state index contributed by atoms with van der Waals surface area (Å²) in [4.78, 5) is 11.9. The van der Waals surface area contributed by atoms with Crippen molar-refractivity contribution < 1.29 is 9.53 Å². The number of hydrogen-bond donors (Lipinski definition) is 1. The van der Waals surface area contributed by atoms with Crippen molar-refractivity contribution in [3.63, 3.8) is 0 Å². The summed E-state index contributed by atoms with van der Waals surface area (Å²) < 4.78 is 5.39. The number of rotatable bonds is 5. The fraction of sp³-hybridized carbons (Fsp3) is 0.562. The smallest absolute Gasteiger partial charge is 0.310 e.